The van der Waals surface area contributed by atoms with Gasteiger partial charge in [-0.25, -0.2) is 9.97 Å². The van der Waals surface area contributed by atoms with E-state index in [0.29, 0.717) is 12.3 Å². The molecule has 2 saturated heterocycles. The summed E-state index contributed by atoms with van der Waals surface area (Å²) >= 11 is 0. The third kappa shape index (κ3) is 4.87. The van der Waals surface area contributed by atoms with Gasteiger partial charge in [-0.3, -0.25) is 15.6 Å². The number of carbonyl (C=O) groups is 1. The van der Waals surface area contributed by atoms with Crippen LogP contribution in [0.5, 0.6) is 0 Å². The zero-order valence-electron chi connectivity index (χ0n) is 13.5. The van der Waals surface area contributed by atoms with Gasteiger partial charge < -0.3 is 10.2 Å². The summed E-state index contributed by atoms with van der Waals surface area (Å²) in [7, 11) is 0. The predicted octanol–water partition coefficient (Wildman–Crippen LogP) is 0.456. The van der Waals surface area contributed by atoms with Crippen molar-refractivity contribution in [2.75, 3.05) is 31.1 Å². The minimum atomic E-state index is 0.171. The second-order valence-electron chi connectivity index (χ2n) is 6.42. The van der Waals surface area contributed by atoms with Crippen LogP contribution in [0.3, 0.4) is 0 Å². The van der Waals surface area contributed by atoms with Gasteiger partial charge >= 0.3 is 0 Å². The molecule has 2 fully saturated rings. The number of nitrogens with zero attached hydrogens (tertiary/aromatic N) is 3. The largest absolute Gasteiger partial charge is 0.352 e. The molecule has 7 nitrogen and oxygen atoms in total. The summed E-state index contributed by atoms with van der Waals surface area (Å²) in [4.78, 5) is 22.9. The van der Waals surface area contributed by atoms with E-state index in [-0.39, 0.29) is 11.9 Å². The molecule has 0 saturated carbocycles. The Morgan fingerprint density at radius 3 is 2.87 bits per heavy atom. The average Bonchev–Trinajstić information content (AvgIpc) is 3.09. The molecule has 0 bridgehead atoms. The van der Waals surface area contributed by atoms with Crippen LogP contribution in [0.2, 0.25) is 0 Å². The first-order chi connectivity index (χ1) is 11.3. The molecule has 1 amide bonds. The van der Waals surface area contributed by atoms with Crippen LogP contribution in [0.25, 0.3) is 0 Å². The number of nitrogens with one attached hydrogen (secondary N) is 3. The van der Waals surface area contributed by atoms with Crippen LogP contribution < -0.4 is 21.1 Å². The SMILES string of the molecule is O=C(CCCC1CNNC1)NC1CCCN(c2ncccn2)C1. The quantitative estimate of drug-likeness (QED) is 0.707. The normalized spacial score (nSPS) is 22.3. The van der Waals surface area contributed by atoms with Crippen LogP contribution in [-0.2, 0) is 4.79 Å². The Labute approximate surface area is 137 Å². The molecule has 7 heteroatoms. The lowest BCUT2D eigenvalue weighted by molar-refractivity contribution is -0.122. The topological polar surface area (TPSA) is 82.2 Å². The number of anilines is 1. The summed E-state index contributed by atoms with van der Waals surface area (Å²) in [6.07, 6.45) is 8.29. The number of hydrazine groups is 1. The van der Waals surface area contributed by atoms with Crippen LogP contribution in [0.15, 0.2) is 18.5 Å². The Morgan fingerprint density at radius 2 is 2.09 bits per heavy atom. The number of piperidine rings is 1. The molecule has 2 aliphatic rings. The molecule has 0 radical (unpaired) electrons. The summed E-state index contributed by atoms with van der Waals surface area (Å²) in [5.41, 5.74) is 6.26. The van der Waals surface area contributed by atoms with Crippen LogP contribution >= 0.6 is 0 Å². The van der Waals surface area contributed by atoms with E-state index in [1.807, 2.05) is 6.07 Å². The van der Waals surface area contributed by atoms with Gasteiger partial charge in [-0.1, -0.05) is 0 Å². The lowest BCUT2D eigenvalue weighted by Crippen LogP contribution is -2.48. The minimum absolute atomic E-state index is 0.171. The molecule has 23 heavy (non-hydrogen) atoms. The Kier molecular flexibility index (Phi) is 5.76. The number of hydrogen-bond donors (Lipinski definition) is 3. The molecule has 0 spiro atoms. The third-order valence-corrected chi connectivity index (χ3v) is 4.54. The molecule has 1 unspecified atom stereocenters. The molecular weight excluding hydrogens is 292 g/mol. The standard InChI is InChI=1S/C16H26N6O/c23-15(6-1-4-13-10-19-20-11-13)21-14-5-2-9-22(12-14)16-17-7-3-8-18-16/h3,7-8,13-14,19-20H,1-2,4-6,9-12H2,(H,21,23). The van der Waals surface area contributed by atoms with Crippen molar-refractivity contribution in [1.29, 1.82) is 0 Å². The summed E-state index contributed by atoms with van der Waals surface area (Å²) in [6.45, 7) is 3.77. The highest BCUT2D eigenvalue weighted by molar-refractivity contribution is 5.76. The number of aromatic nitrogens is 2. The summed E-state index contributed by atoms with van der Waals surface area (Å²) in [6, 6.07) is 2.03. The van der Waals surface area contributed by atoms with Gasteiger partial charge in [-0.05, 0) is 37.7 Å². The van der Waals surface area contributed by atoms with Gasteiger partial charge in [-0.15, -0.1) is 0 Å². The van der Waals surface area contributed by atoms with E-state index in [0.717, 1.165) is 57.8 Å². The van der Waals surface area contributed by atoms with Crippen molar-refractivity contribution >= 4 is 11.9 Å². The Bertz CT molecular complexity index is 491. The van der Waals surface area contributed by atoms with Gasteiger partial charge in [0.1, 0.15) is 0 Å². The molecule has 3 rings (SSSR count). The van der Waals surface area contributed by atoms with Gasteiger partial charge in [0.05, 0.1) is 0 Å². The molecule has 0 aliphatic carbocycles. The van der Waals surface area contributed by atoms with E-state index in [2.05, 4.69) is 31.0 Å². The van der Waals surface area contributed by atoms with Gasteiger partial charge in [-0.2, -0.15) is 0 Å². The maximum absolute atomic E-state index is 12.1. The van der Waals surface area contributed by atoms with E-state index in [4.69, 9.17) is 0 Å². The van der Waals surface area contributed by atoms with Crippen molar-refractivity contribution in [3.05, 3.63) is 18.5 Å². The Hall–Kier alpha value is -1.73. The molecule has 1 aromatic rings. The number of rotatable bonds is 6. The van der Waals surface area contributed by atoms with E-state index >= 15 is 0 Å². The minimum Gasteiger partial charge on any atom is -0.352 e. The summed E-state index contributed by atoms with van der Waals surface area (Å²) < 4.78 is 0. The number of carbonyl (C=O) groups excluding carboxylic acids is 1. The second kappa shape index (κ2) is 8.21. The zero-order valence-corrected chi connectivity index (χ0v) is 13.5. The molecule has 1 atom stereocenters. The van der Waals surface area contributed by atoms with E-state index in [1.54, 1.807) is 12.4 Å². The average molecular weight is 318 g/mol. The zero-order chi connectivity index (χ0) is 15.9. The molecule has 3 heterocycles. The van der Waals surface area contributed by atoms with Crippen LogP contribution in [0.1, 0.15) is 32.1 Å². The molecule has 3 N–H and O–H groups in total. The van der Waals surface area contributed by atoms with Crippen LogP contribution in [0, 0.1) is 5.92 Å². The van der Waals surface area contributed by atoms with E-state index < -0.39 is 0 Å². The fraction of sp³-hybridized carbons (Fsp3) is 0.688. The number of hydrogen-bond acceptors (Lipinski definition) is 6. The first-order valence-electron chi connectivity index (χ1n) is 8.58. The van der Waals surface area contributed by atoms with Crippen molar-refractivity contribution in [1.82, 2.24) is 26.1 Å². The Morgan fingerprint density at radius 1 is 1.30 bits per heavy atom. The Balaban J connectivity index is 1.39. The molecule has 0 aromatic carbocycles. The smallest absolute Gasteiger partial charge is 0.225 e. The van der Waals surface area contributed by atoms with Gasteiger partial charge in [0.2, 0.25) is 11.9 Å². The van der Waals surface area contributed by atoms with Crippen molar-refractivity contribution < 1.29 is 4.79 Å². The van der Waals surface area contributed by atoms with Crippen LogP contribution in [0.4, 0.5) is 5.95 Å². The highest BCUT2D eigenvalue weighted by Gasteiger charge is 2.23. The van der Waals surface area contributed by atoms with Gasteiger partial charge in [0.25, 0.3) is 0 Å². The molecule has 126 valence electrons. The second-order valence-corrected chi connectivity index (χ2v) is 6.42. The number of amides is 1. The van der Waals surface area contributed by atoms with Crippen molar-refractivity contribution in [2.45, 2.75) is 38.1 Å². The van der Waals surface area contributed by atoms with Crippen molar-refractivity contribution in [2.24, 2.45) is 5.92 Å². The highest BCUT2D eigenvalue weighted by Crippen LogP contribution is 2.16. The maximum atomic E-state index is 12.1. The lowest BCUT2D eigenvalue weighted by Gasteiger charge is -2.33. The maximum Gasteiger partial charge on any atom is 0.225 e. The van der Waals surface area contributed by atoms with Gasteiger partial charge in [0.15, 0.2) is 0 Å². The fourth-order valence-corrected chi connectivity index (χ4v) is 3.29. The monoisotopic (exact) mass is 318 g/mol. The van der Waals surface area contributed by atoms with Crippen molar-refractivity contribution in [3.63, 3.8) is 0 Å². The molecule has 2 aliphatic heterocycles. The predicted molar refractivity (Wildman–Crippen MR) is 88.8 cm³/mol. The van der Waals surface area contributed by atoms with E-state index in [1.165, 1.54) is 0 Å². The highest BCUT2D eigenvalue weighted by atomic mass is 16.1. The first-order valence-corrected chi connectivity index (χ1v) is 8.58. The third-order valence-electron chi connectivity index (χ3n) is 4.54. The molecule has 1 aromatic heterocycles. The van der Waals surface area contributed by atoms with Crippen molar-refractivity contribution in [3.8, 4) is 0 Å². The first kappa shape index (κ1) is 16.1. The summed E-state index contributed by atoms with van der Waals surface area (Å²) in [5, 5.41) is 3.18. The molecular formula is C16H26N6O. The lowest BCUT2D eigenvalue weighted by atomic mass is 10.0. The summed E-state index contributed by atoms with van der Waals surface area (Å²) in [5.74, 6) is 1.58. The van der Waals surface area contributed by atoms with E-state index in [9.17, 15) is 4.79 Å². The van der Waals surface area contributed by atoms with Gasteiger partial charge in [0, 0.05) is 51.0 Å². The van der Waals surface area contributed by atoms with Crippen LogP contribution in [-0.4, -0.2) is 48.1 Å². The fourth-order valence-electron chi connectivity index (χ4n) is 3.29.